The van der Waals surface area contributed by atoms with Crippen LogP contribution < -0.4 is 10.6 Å². The standard InChI is InChI=1S/C19H14N4O3/c24-9-15-7-11-5-13(1-3-17(11)20-15)22-19(26)23-14-2-4-18-12(6-14)8-16(10-25)21-18/h1-10,20-21H,(H2,22,23,26). The van der Waals surface area contributed by atoms with Gasteiger partial charge in [-0.25, -0.2) is 4.79 Å². The lowest BCUT2D eigenvalue weighted by atomic mass is 10.2. The summed E-state index contributed by atoms with van der Waals surface area (Å²) in [6.07, 6.45) is 1.49. The lowest BCUT2D eigenvalue weighted by Gasteiger charge is -2.08. The number of anilines is 2. The van der Waals surface area contributed by atoms with E-state index < -0.39 is 0 Å². The molecule has 7 nitrogen and oxygen atoms in total. The number of carbonyl (C=O) groups is 3. The molecule has 0 bridgehead atoms. The zero-order valence-corrected chi connectivity index (χ0v) is 13.5. The van der Waals surface area contributed by atoms with E-state index in [9.17, 15) is 14.4 Å². The van der Waals surface area contributed by atoms with Crippen molar-refractivity contribution in [2.24, 2.45) is 0 Å². The number of urea groups is 1. The number of carbonyl (C=O) groups excluding carboxylic acids is 3. The van der Waals surface area contributed by atoms with Gasteiger partial charge in [-0.15, -0.1) is 0 Å². The Kier molecular flexibility index (Phi) is 3.74. The van der Waals surface area contributed by atoms with Crippen LogP contribution in [-0.2, 0) is 0 Å². The van der Waals surface area contributed by atoms with Crippen LogP contribution >= 0.6 is 0 Å². The number of aldehydes is 2. The Hall–Kier alpha value is -3.87. The van der Waals surface area contributed by atoms with E-state index >= 15 is 0 Å². The quantitative estimate of drug-likeness (QED) is 0.421. The largest absolute Gasteiger partial charge is 0.352 e. The van der Waals surface area contributed by atoms with Crippen LogP contribution in [0.5, 0.6) is 0 Å². The summed E-state index contributed by atoms with van der Waals surface area (Å²) in [6, 6.07) is 13.7. The van der Waals surface area contributed by atoms with E-state index in [4.69, 9.17) is 0 Å². The predicted octanol–water partition coefficient (Wildman–Crippen LogP) is 3.92. The molecule has 128 valence electrons. The highest BCUT2D eigenvalue weighted by Gasteiger charge is 2.07. The molecule has 0 aliphatic rings. The Bertz CT molecular complexity index is 1070. The molecule has 2 aromatic heterocycles. The Morgan fingerprint density at radius 2 is 1.19 bits per heavy atom. The molecule has 0 unspecified atom stereocenters. The Labute approximate surface area is 147 Å². The van der Waals surface area contributed by atoms with E-state index in [1.54, 1.807) is 48.5 Å². The fourth-order valence-corrected chi connectivity index (χ4v) is 2.89. The molecule has 2 aromatic carbocycles. The minimum Gasteiger partial charge on any atom is -0.352 e. The first-order chi connectivity index (χ1) is 12.6. The molecular formula is C19H14N4O3. The summed E-state index contributed by atoms with van der Waals surface area (Å²) in [4.78, 5) is 39.8. The van der Waals surface area contributed by atoms with Gasteiger partial charge in [0.1, 0.15) is 0 Å². The molecule has 0 fully saturated rings. The van der Waals surface area contributed by atoms with Gasteiger partial charge in [0.25, 0.3) is 0 Å². The van der Waals surface area contributed by atoms with E-state index in [0.717, 1.165) is 34.4 Å². The number of H-pyrrole nitrogens is 2. The van der Waals surface area contributed by atoms with Crippen LogP contribution in [0, 0.1) is 0 Å². The fraction of sp³-hybridized carbons (Fsp3) is 0. The monoisotopic (exact) mass is 346 g/mol. The van der Waals surface area contributed by atoms with Crippen LogP contribution in [-0.4, -0.2) is 28.6 Å². The van der Waals surface area contributed by atoms with Gasteiger partial charge in [0.05, 0.1) is 11.4 Å². The predicted molar refractivity (Wildman–Crippen MR) is 100 cm³/mol. The summed E-state index contributed by atoms with van der Waals surface area (Å²) >= 11 is 0. The van der Waals surface area contributed by atoms with Gasteiger partial charge in [-0.3, -0.25) is 9.59 Å². The topological polar surface area (TPSA) is 107 Å². The second-order valence-corrected chi connectivity index (χ2v) is 5.87. The maximum atomic E-state index is 12.2. The zero-order valence-electron chi connectivity index (χ0n) is 13.5. The van der Waals surface area contributed by atoms with Crippen molar-refractivity contribution in [3.63, 3.8) is 0 Å². The Morgan fingerprint density at radius 1 is 0.731 bits per heavy atom. The zero-order chi connectivity index (χ0) is 18.1. The molecular weight excluding hydrogens is 332 g/mol. The van der Waals surface area contributed by atoms with Gasteiger partial charge >= 0.3 is 6.03 Å². The third kappa shape index (κ3) is 2.93. The first kappa shape index (κ1) is 15.6. The third-order valence-corrected chi connectivity index (χ3v) is 4.05. The lowest BCUT2D eigenvalue weighted by Crippen LogP contribution is -2.19. The summed E-state index contributed by atoms with van der Waals surface area (Å²) in [5, 5.41) is 7.18. The number of hydrogen-bond acceptors (Lipinski definition) is 3. The number of aromatic amines is 2. The second-order valence-electron chi connectivity index (χ2n) is 5.87. The van der Waals surface area contributed by atoms with Crippen molar-refractivity contribution in [3.05, 3.63) is 59.9 Å². The van der Waals surface area contributed by atoms with Gasteiger partial charge in [0.15, 0.2) is 12.6 Å². The summed E-state index contributed by atoms with van der Waals surface area (Å²) in [5.41, 5.74) is 3.82. The molecule has 0 atom stereocenters. The average Bonchev–Trinajstić information content (AvgIpc) is 3.23. The van der Waals surface area contributed by atoms with E-state index in [-0.39, 0.29) is 6.03 Å². The summed E-state index contributed by atoms with van der Waals surface area (Å²) in [7, 11) is 0. The van der Waals surface area contributed by atoms with E-state index in [0.29, 0.717) is 22.8 Å². The smallest absolute Gasteiger partial charge is 0.323 e. The first-order valence-corrected chi connectivity index (χ1v) is 7.88. The maximum absolute atomic E-state index is 12.2. The number of amides is 2. The summed E-state index contributed by atoms with van der Waals surface area (Å²) < 4.78 is 0. The molecule has 4 aromatic rings. The molecule has 4 rings (SSSR count). The molecule has 26 heavy (non-hydrogen) atoms. The number of nitrogens with one attached hydrogen (secondary N) is 4. The van der Waals surface area contributed by atoms with Gasteiger partial charge in [0.2, 0.25) is 0 Å². The highest BCUT2D eigenvalue weighted by atomic mass is 16.2. The number of rotatable bonds is 4. The third-order valence-electron chi connectivity index (χ3n) is 4.05. The Morgan fingerprint density at radius 3 is 1.62 bits per heavy atom. The molecule has 0 aliphatic carbocycles. The normalized spacial score (nSPS) is 10.8. The van der Waals surface area contributed by atoms with Crippen LogP contribution in [0.4, 0.5) is 16.2 Å². The summed E-state index contributed by atoms with van der Waals surface area (Å²) in [6.45, 7) is 0. The molecule has 2 amide bonds. The number of aromatic nitrogens is 2. The van der Waals surface area contributed by atoms with E-state index in [1.807, 2.05) is 0 Å². The van der Waals surface area contributed by atoms with Crippen molar-refractivity contribution in [1.82, 2.24) is 9.97 Å². The molecule has 2 heterocycles. The van der Waals surface area contributed by atoms with Gasteiger partial charge in [0, 0.05) is 33.2 Å². The van der Waals surface area contributed by atoms with Crippen LogP contribution in [0.15, 0.2) is 48.5 Å². The van der Waals surface area contributed by atoms with Crippen molar-refractivity contribution >= 4 is 51.8 Å². The van der Waals surface area contributed by atoms with Crippen molar-refractivity contribution in [3.8, 4) is 0 Å². The fourth-order valence-electron chi connectivity index (χ4n) is 2.89. The highest BCUT2D eigenvalue weighted by Crippen LogP contribution is 2.21. The molecule has 4 N–H and O–H groups in total. The van der Waals surface area contributed by atoms with Crippen LogP contribution in [0.3, 0.4) is 0 Å². The SMILES string of the molecule is O=Cc1cc2cc(NC(=O)Nc3ccc4[nH]c(C=O)cc4c3)ccc2[nH]1. The number of benzene rings is 2. The Balaban J connectivity index is 1.51. The second kappa shape index (κ2) is 6.21. The number of hydrogen-bond donors (Lipinski definition) is 4. The molecule has 7 heteroatoms. The van der Waals surface area contributed by atoms with Gasteiger partial charge in [-0.05, 0) is 48.5 Å². The van der Waals surface area contributed by atoms with Crippen LogP contribution in [0.1, 0.15) is 21.0 Å². The van der Waals surface area contributed by atoms with Crippen molar-refractivity contribution < 1.29 is 14.4 Å². The lowest BCUT2D eigenvalue weighted by molar-refractivity contribution is 0.111. The molecule has 0 spiro atoms. The van der Waals surface area contributed by atoms with Crippen molar-refractivity contribution in [1.29, 1.82) is 0 Å². The molecule has 0 saturated heterocycles. The molecule has 0 aliphatic heterocycles. The van der Waals surface area contributed by atoms with Crippen molar-refractivity contribution in [2.75, 3.05) is 10.6 Å². The van der Waals surface area contributed by atoms with E-state index in [2.05, 4.69) is 20.6 Å². The highest BCUT2D eigenvalue weighted by molar-refractivity contribution is 6.02. The van der Waals surface area contributed by atoms with Crippen LogP contribution in [0.25, 0.3) is 21.8 Å². The minimum absolute atomic E-state index is 0.388. The molecule has 0 radical (unpaired) electrons. The van der Waals surface area contributed by atoms with Gasteiger partial charge in [-0.2, -0.15) is 0 Å². The van der Waals surface area contributed by atoms with Crippen LogP contribution in [0.2, 0.25) is 0 Å². The molecule has 0 saturated carbocycles. The van der Waals surface area contributed by atoms with Gasteiger partial charge < -0.3 is 20.6 Å². The summed E-state index contributed by atoms with van der Waals surface area (Å²) in [5.74, 6) is 0. The van der Waals surface area contributed by atoms with E-state index in [1.165, 1.54) is 0 Å². The van der Waals surface area contributed by atoms with Crippen molar-refractivity contribution in [2.45, 2.75) is 0 Å². The first-order valence-electron chi connectivity index (χ1n) is 7.88. The average molecular weight is 346 g/mol. The minimum atomic E-state index is -0.388. The number of fused-ring (bicyclic) bond motifs is 2. The van der Waals surface area contributed by atoms with Gasteiger partial charge in [-0.1, -0.05) is 0 Å². The maximum Gasteiger partial charge on any atom is 0.323 e.